The first-order valence-corrected chi connectivity index (χ1v) is 42.8. The molecule has 0 radical (unpaired) electrons. The molecule has 5 atom stereocenters. The zero-order valence-electron chi connectivity index (χ0n) is 72.7. The van der Waals surface area contributed by atoms with Crippen molar-refractivity contribution in [1.82, 2.24) is 60.8 Å². The number of imide groups is 1. The minimum absolute atomic E-state index is 0.00359. The highest BCUT2D eigenvalue weighted by Crippen LogP contribution is 2.45. The first-order chi connectivity index (χ1) is 62.6. The smallest absolute Gasteiger partial charge is 0.490 e. The fourth-order valence-corrected chi connectivity index (χ4v) is 16.5. The van der Waals surface area contributed by atoms with Gasteiger partial charge in [-0.05, 0) is 141 Å². The second-order valence-corrected chi connectivity index (χ2v) is 32.4. The second-order valence-electron chi connectivity index (χ2n) is 32.4. The molecule has 14 N–H and O–H groups in total. The van der Waals surface area contributed by atoms with Crippen LogP contribution < -0.4 is 74.6 Å². The number of hydrogen-bond acceptors (Lipinski definition) is 26. The van der Waals surface area contributed by atoms with E-state index in [0.717, 1.165) is 34.2 Å². The Morgan fingerprint density at radius 2 is 1.14 bits per heavy atom. The molecule has 0 unspecified atom stereocenters. The summed E-state index contributed by atoms with van der Waals surface area (Å²) in [6.45, 7) is 10.8. The van der Waals surface area contributed by atoms with Crippen molar-refractivity contribution in [3.63, 3.8) is 0 Å². The number of ether oxygens (including phenoxy) is 6. The number of aliphatic hydroxyl groups is 2. The molecule has 5 aliphatic heterocycles. The van der Waals surface area contributed by atoms with Gasteiger partial charge in [0.1, 0.15) is 55.9 Å². The lowest BCUT2D eigenvalue weighted by Crippen LogP contribution is -2.56. The van der Waals surface area contributed by atoms with Crippen molar-refractivity contribution in [2.45, 2.75) is 168 Å². The van der Waals surface area contributed by atoms with Gasteiger partial charge >= 0.3 is 24.2 Å². The second kappa shape index (κ2) is 40.5. The lowest BCUT2D eigenvalue weighted by molar-refractivity contribution is -0.172. The van der Waals surface area contributed by atoms with Gasteiger partial charge in [-0.2, -0.15) is 0 Å². The molecule has 0 bridgehead atoms. The third-order valence-corrected chi connectivity index (χ3v) is 23.6. The first-order valence-electron chi connectivity index (χ1n) is 42.8. The van der Waals surface area contributed by atoms with Crippen LogP contribution in [0, 0.1) is 17.6 Å². The fourth-order valence-electron chi connectivity index (χ4n) is 16.5. The van der Waals surface area contributed by atoms with Crippen LogP contribution in [0.3, 0.4) is 0 Å². The Bertz CT molecular complexity index is 6080. The number of hydrogen-bond donors (Lipinski definition) is 12. The van der Waals surface area contributed by atoms with Crippen LogP contribution in [-0.2, 0) is 126 Å². The van der Waals surface area contributed by atoms with E-state index in [1.165, 1.54) is 64.1 Å². The van der Waals surface area contributed by atoms with Crippen LogP contribution in [0.5, 0.6) is 11.5 Å². The minimum Gasteiger partial charge on any atom is -0.490 e. The van der Waals surface area contributed by atoms with E-state index in [-0.39, 0.29) is 143 Å². The normalized spacial score (nSPS) is 16.2. The van der Waals surface area contributed by atoms with Crippen molar-refractivity contribution in [3.05, 3.63) is 197 Å². The van der Waals surface area contributed by atoms with Crippen LogP contribution in [0.15, 0.2) is 119 Å². The maximum atomic E-state index is 15.8. The maximum Gasteiger partial charge on any atom is 0.514 e. The Kier molecular flexibility index (Phi) is 29.1. The first kappa shape index (κ1) is 94.2. The average molecular weight is 1810 g/mol. The quantitative estimate of drug-likeness (QED) is 0.00571. The van der Waals surface area contributed by atoms with Crippen molar-refractivity contribution < 1.29 is 105 Å². The number of cyclic esters (lactones) is 1. The Labute approximate surface area is 747 Å². The molecule has 8 aromatic rings. The third-order valence-electron chi connectivity index (χ3n) is 23.6. The molecule has 0 spiro atoms. The molecule has 9 heterocycles. The van der Waals surface area contributed by atoms with Crippen molar-refractivity contribution in [2.75, 3.05) is 63.2 Å². The Morgan fingerprint density at radius 1 is 0.611 bits per heavy atom. The van der Waals surface area contributed by atoms with Gasteiger partial charge in [-0.25, -0.2) is 37.9 Å². The SMILES string of the molecule is C=C1OCc2c(cc3n(c2=O)Cc2c-3nc3cc(F)c(OCNC(=O)OCc4ccc(NC(=O)[C@H](CCCNC(N)=O)NC(=O)[C@@H](NC(=O)CN(CCN5C(=O)C=CC5=O)CC(=O)NCC(=O)N[C@@H](CCCCN)C(=O)Nc5ccc(COC(=O)Oc6cc7c(CC)c8c(nc7cc6F)-c6cc7c(c(=O)n6C8)COC(=O)[C@]7(O)CC)cc5)C(C)C)cc4)cc3c2CC)[C@@]1(O)CC. The van der Waals surface area contributed by atoms with Gasteiger partial charge in [0.15, 0.2) is 35.5 Å². The number of rotatable bonds is 38. The molecule has 0 fully saturated rings. The van der Waals surface area contributed by atoms with Crippen LogP contribution in [-0.4, -0.2) is 181 Å². The number of fused-ring (bicyclic) bond motifs is 10. The number of carbonyl (C=O) groups is 12. The number of urea groups is 1. The Hall–Kier alpha value is -14.4. The molecule has 131 heavy (non-hydrogen) atoms. The van der Waals surface area contributed by atoms with Crippen LogP contribution in [0.4, 0.5) is 34.5 Å². The van der Waals surface area contributed by atoms with E-state index >= 15 is 8.78 Å². The number of amides is 11. The molecule has 4 aromatic heterocycles. The summed E-state index contributed by atoms with van der Waals surface area (Å²) in [5, 5.41) is 44.6. The highest BCUT2D eigenvalue weighted by molar-refractivity contribution is 6.13. The van der Waals surface area contributed by atoms with Crippen molar-refractivity contribution in [3.8, 4) is 34.3 Å². The molecule has 40 heteroatoms. The summed E-state index contributed by atoms with van der Waals surface area (Å²) in [5.74, 6) is -9.73. The van der Waals surface area contributed by atoms with E-state index in [9.17, 15) is 77.3 Å². The van der Waals surface area contributed by atoms with Gasteiger partial charge in [-0.15, -0.1) is 0 Å². The number of pyridine rings is 4. The van der Waals surface area contributed by atoms with E-state index in [2.05, 4.69) is 49.1 Å². The molecule has 4 aromatic carbocycles. The van der Waals surface area contributed by atoms with Gasteiger partial charge in [-0.1, -0.05) is 72.4 Å². The van der Waals surface area contributed by atoms with Gasteiger partial charge in [0.2, 0.25) is 35.4 Å². The molecule has 0 aliphatic carbocycles. The van der Waals surface area contributed by atoms with E-state index in [0.29, 0.717) is 98.1 Å². The predicted octanol–water partition coefficient (Wildman–Crippen LogP) is 5.45. The number of aryl methyl sites for hydroxylation is 2. The summed E-state index contributed by atoms with van der Waals surface area (Å²) < 4.78 is 67.2. The highest BCUT2D eigenvalue weighted by atomic mass is 19.1. The van der Waals surface area contributed by atoms with Gasteiger partial charge in [0.25, 0.3) is 22.9 Å². The number of alkyl carbamates (subject to hydrolysis) is 1. The van der Waals surface area contributed by atoms with Crippen LogP contribution in [0.1, 0.15) is 142 Å². The summed E-state index contributed by atoms with van der Waals surface area (Å²) in [6.07, 6.45) is 1.96. The van der Waals surface area contributed by atoms with Crippen LogP contribution >= 0.6 is 0 Å². The highest BCUT2D eigenvalue weighted by Gasteiger charge is 2.47. The van der Waals surface area contributed by atoms with Crippen molar-refractivity contribution in [2.24, 2.45) is 17.4 Å². The minimum atomic E-state index is -2.05. The van der Waals surface area contributed by atoms with E-state index in [4.69, 9.17) is 49.9 Å². The number of halogens is 2. The molecule has 11 amide bonds. The van der Waals surface area contributed by atoms with E-state index < -0.39 is 156 Å². The van der Waals surface area contributed by atoms with Crippen LogP contribution in [0.25, 0.3) is 44.6 Å². The number of anilines is 2. The predicted molar refractivity (Wildman–Crippen MR) is 467 cm³/mol. The van der Waals surface area contributed by atoms with E-state index in [1.54, 1.807) is 56.5 Å². The number of benzene rings is 4. The number of nitrogens with zero attached hydrogens (tertiary/aromatic N) is 6. The molecule has 690 valence electrons. The summed E-state index contributed by atoms with van der Waals surface area (Å²) in [5.41, 5.74) is 13.9. The molecular weight excluding hydrogens is 1710 g/mol. The maximum absolute atomic E-state index is 15.8. The number of nitrogens with two attached hydrogens (primary N) is 2. The lowest BCUT2D eigenvalue weighted by Gasteiger charge is -2.35. The fraction of sp³-hybridized carbons (Fsp3) is 0.385. The molecule has 5 aliphatic rings. The Morgan fingerprint density at radius 3 is 1.69 bits per heavy atom. The number of primary amides is 1. The van der Waals surface area contributed by atoms with Gasteiger partial charge in [0, 0.05) is 88.3 Å². The average Bonchev–Trinajstić information content (AvgIpc) is 1.56. The zero-order chi connectivity index (χ0) is 94.0. The number of nitrogens with one attached hydrogen (secondary N) is 8. The van der Waals surface area contributed by atoms with Crippen molar-refractivity contribution in [1.29, 1.82) is 0 Å². The largest absolute Gasteiger partial charge is 0.514 e. The molecule has 0 saturated carbocycles. The number of unbranched alkanes of at least 4 members (excludes halogenated alkanes) is 1. The summed E-state index contributed by atoms with van der Waals surface area (Å²) >= 11 is 0. The lowest BCUT2D eigenvalue weighted by atomic mass is 9.84. The summed E-state index contributed by atoms with van der Waals surface area (Å²) in [4.78, 5) is 199. The van der Waals surface area contributed by atoms with Gasteiger partial charge in [0.05, 0.1) is 77.7 Å². The molecule has 13 rings (SSSR count). The standard InChI is InChI=1S/C91H100F2N16O22/c1-8-53-55-31-71(63(92)35-67(55)102-79-57(53)38-108-69(79)33-61-59(84(108)118)44-126-48(7)90(61,124)10-3)130-46-98-88(122)128-42-49-17-21-52(22-18-49)100-82(116)66(16-14-28-96-87(95)121)104-83(117)78(47(5)6)105-75(112)41-106(29-30-107-76(113)25-26-77(107)114)40-74(111)97-37-73(110)101-65(15-12-13-27-94)81(115)99-51-23-19-50(20-24-51)43-129-89(123)131-72-32-56-54(9-2)58-39-109-70(80(58)103-68(56)36-64(72)93)34-62-60(85(109)119)45-127-86(120)91(62,125)11-4/h17-26,31-36,47,65-66,78,124-125H,7-16,27-30,37-46,94H2,1-6H3,(H,97,111)(H,98,122)(H,99,115)(H,100,116)(H,101,110)(H,104,117)(H,105,112)(H3,95,96,121)/t65-,66-,78-,90+,91-/m0/s1. The monoisotopic (exact) mass is 1810 g/mol. The van der Waals surface area contributed by atoms with Gasteiger partial charge in [-0.3, -0.25) is 63.1 Å². The summed E-state index contributed by atoms with van der Waals surface area (Å²) in [6, 6.07) is 15.8. The van der Waals surface area contributed by atoms with Gasteiger partial charge < -0.3 is 96.5 Å². The summed E-state index contributed by atoms with van der Waals surface area (Å²) in [7, 11) is 0. The number of carbonyl (C=O) groups excluding carboxylic acids is 12. The topological polar surface area (TPSA) is 525 Å². The molecular formula is C91H100F2N16O22. The Balaban J connectivity index is 0.574. The molecule has 38 nitrogen and oxygen atoms in total. The zero-order valence-corrected chi connectivity index (χ0v) is 72.7. The van der Waals surface area contributed by atoms with Crippen LogP contribution in [0.2, 0.25) is 0 Å². The molecule has 0 saturated heterocycles. The van der Waals surface area contributed by atoms with E-state index in [1.807, 2.05) is 13.8 Å². The number of aromatic nitrogens is 4. The third kappa shape index (κ3) is 20.7. The number of esters is 1. The van der Waals surface area contributed by atoms with Crippen molar-refractivity contribution >= 4 is 105 Å².